The average Bonchev–Trinajstić information content (AvgIpc) is 2.73. The standard InChI is InChI=1S/C17H22F3NO3.ClH/c1-23-16(22)11-13-3-2-9-21(10-8-13)12-14-4-6-15(7-5-14)24-17(18,19)20;/h4-7,13H,2-3,8-12H2,1H3;1H. The quantitative estimate of drug-likeness (QED) is 0.717. The van der Waals surface area contributed by atoms with Gasteiger partial charge in [0, 0.05) is 13.0 Å². The minimum atomic E-state index is -4.67. The molecule has 0 amide bonds. The van der Waals surface area contributed by atoms with E-state index in [0.29, 0.717) is 18.9 Å². The van der Waals surface area contributed by atoms with E-state index in [1.807, 2.05) is 0 Å². The number of hydrogen-bond acceptors (Lipinski definition) is 4. The van der Waals surface area contributed by atoms with E-state index in [4.69, 9.17) is 4.74 Å². The van der Waals surface area contributed by atoms with Gasteiger partial charge in [0.2, 0.25) is 0 Å². The highest BCUT2D eigenvalue weighted by atomic mass is 35.5. The normalized spacial score (nSPS) is 18.8. The number of benzene rings is 1. The van der Waals surface area contributed by atoms with E-state index >= 15 is 0 Å². The van der Waals surface area contributed by atoms with Crippen LogP contribution >= 0.6 is 12.4 Å². The van der Waals surface area contributed by atoms with Crippen molar-refractivity contribution in [2.75, 3.05) is 20.2 Å². The second-order valence-electron chi connectivity index (χ2n) is 6.05. The number of halogens is 4. The Bertz CT molecular complexity index is 537. The van der Waals surface area contributed by atoms with Gasteiger partial charge in [-0.05, 0) is 56.0 Å². The van der Waals surface area contributed by atoms with Crippen molar-refractivity contribution in [3.8, 4) is 5.75 Å². The van der Waals surface area contributed by atoms with Gasteiger partial charge in [-0.3, -0.25) is 9.69 Å². The molecule has 1 fully saturated rings. The first kappa shape index (κ1) is 21.6. The molecular weight excluding hydrogens is 359 g/mol. The molecule has 1 aliphatic rings. The molecule has 0 N–H and O–H groups in total. The van der Waals surface area contributed by atoms with Crippen LogP contribution in [-0.4, -0.2) is 37.4 Å². The van der Waals surface area contributed by atoms with Crippen LogP contribution in [0.5, 0.6) is 5.75 Å². The van der Waals surface area contributed by atoms with Gasteiger partial charge in [0.15, 0.2) is 0 Å². The molecule has 0 spiro atoms. The van der Waals surface area contributed by atoms with E-state index in [1.54, 1.807) is 12.1 Å². The fourth-order valence-electron chi connectivity index (χ4n) is 2.96. The van der Waals surface area contributed by atoms with Gasteiger partial charge in [0.1, 0.15) is 5.75 Å². The molecule has 25 heavy (non-hydrogen) atoms. The highest BCUT2D eigenvalue weighted by molar-refractivity contribution is 5.85. The first-order valence-corrected chi connectivity index (χ1v) is 7.99. The van der Waals surface area contributed by atoms with E-state index in [0.717, 1.165) is 37.9 Å². The highest BCUT2D eigenvalue weighted by Crippen LogP contribution is 2.25. The minimum absolute atomic E-state index is 0. The third-order valence-electron chi connectivity index (χ3n) is 4.19. The van der Waals surface area contributed by atoms with Crippen LogP contribution in [0.1, 0.15) is 31.2 Å². The third kappa shape index (κ3) is 7.96. The number of methoxy groups -OCH3 is 1. The monoisotopic (exact) mass is 381 g/mol. The van der Waals surface area contributed by atoms with E-state index in [-0.39, 0.29) is 24.1 Å². The maximum Gasteiger partial charge on any atom is 0.573 e. The zero-order valence-electron chi connectivity index (χ0n) is 14.1. The smallest absolute Gasteiger partial charge is 0.469 e. The zero-order valence-corrected chi connectivity index (χ0v) is 14.9. The Hall–Kier alpha value is -1.47. The Morgan fingerprint density at radius 3 is 2.48 bits per heavy atom. The Kier molecular flexibility index (Phi) is 8.52. The van der Waals surface area contributed by atoms with E-state index in [1.165, 1.54) is 19.2 Å². The van der Waals surface area contributed by atoms with Crippen molar-refractivity contribution in [2.24, 2.45) is 5.92 Å². The number of ether oxygens (including phenoxy) is 2. The van der Waals surface area contributed by atoms with Crippen molar-refractivity contribution >= 4 is 18.4 Å². The van der Waals surface area contributed by atoms with Crippen molar-refractivity contribution < 1.29 is 27.4 Å². The van der Waals surface area contributed by atoms with Gasteiger partial charge in [0.25, 0.3) is 0 Å². The third-order valence-corrected chi connectivity index (χ3v) is 4.19. The average molecular weight is 382 g/mol. The lowest BCUT2D eigenvalue weighted by Gasteiger charge is -2.20. The molecule has 0 aromatic heterocycles. The summed E-state index contributed by atoms with van der Waals surface area (Å²) in [6.07, 6.45) is -1.31. The second kappa shape index (κ2) is 9.87. The van der Waals surface area contributed by atoms with Crippen molar-refractivity contribution in [2.45, 2.75) is 38.6 Å². The molecular formula is C17H23ClF3NO3. The number of nitrogens with zero attached hydrogens (tertiary/aromatic N) is 1. The maximum atomic E-state index is 12.1. The maximum absolute atomic E-state index is 12.1. The van der Waals surface area contributed by atoms with E-state index in [2.05, 4.69) is 9.64 Å². The summed E-state index contributed by atoms with van der Waals surface area (Å²) in [6, 6.07) is 5.97. The minimum Gasteiger partial charge on any atom is -0.469 e. The predicted molar refractivity (Wildman–Crippen MR) is 89.6 cm³/mol. The number of carbonyl (C=O) groups is 1. The first-order valence-electron chi connectivity index (χ1n) is 7.99. The lowest BCUT2D eigenvalue weighted by atomic mass is 9.97. The molecule has 0 radical (unpaired) electrons. The molecule has 1 aromatic carbocycles. The molecule has 1 atom stereocenters. The molecule has 2 rings (SSSR count). The molecule has 142 valence electrons. The van der Waals surface area contributed by atoms with Crippen molar-refractivity contribution in [3.63, 3.8) is 0 Å². The van der Waals surface area contributed by atoms with Crippen LogP contribution < -0.4 is 4.74 Å². The first-order chi connectivity index (χ1) is 11.4. The van der Waals surface area contributed by atoms with Gasteiger partial charge in [-0.2, -0.15) is 0 Å². The van der Waals surface area contributed by atoms with Crippen LogP contribution in [0.4, 0.5) is 13.2 Å². The molecule has 1 heterocycles. The summed E-state index contributed by atoms with van der Waals surface area (Å²) >= 11 is 0. The molecule has 0 aliphatic carbocycles. The van der Waals surface area contributed by atoms with Crippen LogP contribution in [0.3, 0.4) is 0 Å². The van der Waals surface area contributed by atoms with Gasteiger partial charge < -0.3 is 9.47 Å². The van der Waals surface area contributed by atoms with Crippen molar-refractivity contribution in [1.29, 1.82) is 0 Å². The number of alkyl halides is 3. The van der Waals surface area contributed by atoms with Crippen LogP contribution in [0.15, 0.2) is 24.3 Å². The molecule has 4 nitrogen and oxygen atoms in total. The largest absolute Gasteiger partial charge is 0.573 e. The van der Waals surface area contributed by atoms with Crippen LogP contribution in [0, 0.1) is 5.92 Å². The molecule has 1 aromatic rings. The van der Waals surface area contributed by atoms with E-state index in [9.17, 15) is 18.0 Å². The Labute approximate surface area is 151 Å². The molecule has 1 unspecified atom stereocenters. The lowest BCUT2D eigenvalue weighted by molar-refractivity contribution is -0.274. The molecule has 1 aliphatic heterocycles. The SMILES string of the molecule is COC(=O)CC1CCCN(Cc2ccc(OC(F)(F)F)cc2)CC1.Cl. The molecule has 0 bridgehead atoms. The van der Waals surface area contributed by atoms with Crippen molar-refractivity contribution in [3.05, 3.63) is 29.8 Å². The summed E-state index contributed by atoms with van der Waals surface area (Å²) in [5.74, 6) is -0.0426. The van der Waals surface area contributed by atoms with Gasteiger partial charge in [0.05, 0.1) is 7.11 Å². The highest BCUT2D eigenvalue weighted by Gasteiger charge is 2.31. The second-order valence-corrected chi connectivity index (χ2v) is 6.05. The Balaban J connectivity index is 0.00000312. The number of carbonyl (C=O) groups excluding carboxylic acids is 1. The number of esters is 1. The van der Waals surface area contributed by atoms with Gasteiger partial charge in [-0.1, -0.05) is 12.1 Å². The fourth-order valence-corrected chi connectivity index (χ4v) is 2.96. The molecule has 1 saturated heterocycles. The zero-order chi connectivity index (χ0) is 17.6. The van der Waals surface area contributed by atoms with E-state index < -0.39 is 6.36 Å². The summed E-state index contributed by atoms with van der Waals surface area (Å²) in [5.41, 5.74) is 0.941. The van der Waals surface area contributed by atoms with Crippen LogP contribution in [0.25, 0.3) is 0 Å². The summed E-state index contributed by atoms with van der Waals surface area (Å²) in [6.45, 7) is 2.46. The summed E-state index contributed by atoms with van der Waals surface area (Å²) in [7, 11) is 1.40. The summed E-state index contributed by atoms with van der Waals surface area (Å²) in [5, 5.41) is 0. The molecule has 8 heteroatoms. The topological polar surface area (TPSA) is 38.8 Å². The number of likely N-dealkylation sites (tertiary alicyclic amines) is 1. The fraction of sp³-hybridized carbons (Fsp3) is 0.588. The van der Waals surface area contributed by atoms with Gasteiger partial charge in [-0.25, -0.2) is 0 Å². The molecule has 0 saturated carbocycles. The number of rotatable bonds is 5. The number of hydrogen-bond donors (Lipinski definition) is 0. The van der Waals surface area contributed by atoms with Gasteiger partial charge in [-0.15, -0.1) is 25.6 Å². The Morgan fingerprint density at radius 2 is 1.88 bits per heavy atom. The lowest BCUT2D eigenvalue weighted by Crippen LogP contribution is -2.24. The Morgan fingerprint density at radius 1 is 1.20 bits per heavy atom. The van der Waals surface area contributed by atoms with Crippen LogP contribution in [-0.2, 0) is 16.1 Å². The summed E-state index contributed by atoms with van der Waals surface area (Å²) in [4.78, 5) is 13.6. The van der Waals surface area contributed by atoms with Crippen LogP contribution in [0.2, 0.25) is 0 Å². The van der Waals surface area contributed by atoms with Gasteiger partial charge >= 0.3 is 12.3 Å². The summed E-state index contributed by atoms with van der Waals surface area (Å²) < 4.78 is 45.0. The predicted octanol–water partition coefficient (Wildman–Crippen LogP) is 4.17. The van der Waals surface area contributed by atoms with Crippen molar-refractivity contribution in [1.82, 2.24) is 4.90 Å².